The van der Waals surface area contributed by atoms with Crippen molar-refractivity contribution >= 4 is 5.69 Å². The highest BCUT2D eigenvalue weighted by Gasteiger charge is 2.16. The third-order valence-corrected chi connectivity index (χ3v) is 3.21. The van der Waals surface area contributed by atoms with Crippen LogP contribution >= 0.6 is 0 Å². The van der Waals surface area contributed by atoms with Crippen LogP contribution in [0.25, 0.3) is 0 Å². The molecule has 0 aromatic heterocycles. The minimum atomic E-state index is -0.0640. The first-order chi connectivity index (χ1) is 7.98. The molecule has 0 aliphatic carbocycles. The Labute approximate surface area is 105 Å². The molecular formula is C14H24N2O. The SMILES string of the molecule is COC(C)(C)CCN(C)c1ccc(CN)cc1. The summed E-state index contributed by atoms with van der Waals surface area (Å²) in [6, 6.07) is 8.38. The molecular weight excluding hydrogens is 212 g/mol. The van der Waals surface area contributed by atoms with Crippen LogP contribution < -0.4 is 10.6 Å². The Balaban J connectivity index is 2.54. The van der Waals surface area contributed by atoms with Gasteiger partial charge in [-0.25, -0.2) is 0 Å². The lowest BCUT2D eigenvalue weighted by Gasteiger charge is -2.27. The van der Waals surface area contributed by atoms with Crippen LogP contribution in [0.2, 0.25) is 0 Å². The van der Waals surface area contributed by atoms with Gasteiger partial charge in [0.1, 0.15) is 0 Å². The zero-order valence-corrected chi connectivity index (χ0v) is 11.4. The van der Waals surface area contributed by atoms with E-state index in [0.717, 1.165) is 13.0 Å². The van der Waals surface area contributed by atoms with E-state index in [1.807, 2.05) is 0 Å². The quantitative estimate of drug-likeness (QED) is 0.824. The maximum Gasteiger partial charge on any atom is 0.0639 e. The second-order valence-electron chi connectivity index (χ2n) is 5.01. The van der Waals surface area contributed by atoms with Gasteiger partial charge in [0.25, 0.3) is 0 Å². The van der Waals surface area contributed by atoms with Crippen molar-refractivity contribution in [2.45, 2.75) is 32.4 Å². The van der Waals surface area contributed by atoms with E-state index < -0.39 is 0 Å². The standard InChI is InChI=1S/C14H24N2O/c1-14(2,17-4)9-10-16(3)13-7-5-12(11-15)6-8-13/h5-8H,9-11,15H2,1-4H3. The average molecular weight is 236 g/mol. The molecule has 3 nitrogen and oxygen atoms in total. The molecule has 0 amide bonds. The first kappa shape index (κ1) is 14.0. The van der Waals surface area contributed by atoms with Crippen LogP contribution in [0, 0.1) is 0 Å². The molecule has 1 aromatic carbocycles. The third kappa shape index (κ3) is 4.36. The highest BCUT2D eigenvalue weighted by molar-refractivity contribution is 5.46. The second-order valence-corrected chi connectivity index (χ2v) is 5.01. The van der Waals surface area contributed by atoms with E-state index in [0.29, 0.717) is 6.54 Å². The number of methoxy groups -OCH3 is 1. The van der Waals surface area contributed by atoms with Gasteiger partial charge in [-0.15, -0.1) is 0 Å². The van der Waals surface area contributed by atoms with Crippen molar-refractivity contribution in [1.29, 1.82) is 0 Å². The molecule has 0 aliphatic heterocycles. The summed E-state index contributed by atoms with van der Waals surface area (Å²) in [7, 11) is 3.86. The molecule has 17 heavy (non-hydrogen) atoms. The van der Waals surface area contributed by atoms with Gasteiger partial charge in [0.05, 0.1) is 5.60 Å². The van der Waals surface area contributed by atoms with Crippen LogP contribution in [0.4, 0.5) is 5.69 Å². The summed E-state index contributed by atoms with van der Waals surface area (Å²) in [5.74, 6) is 0. The second kappa shape index (κ2) is 6.03. The maximum absolute atomic E-state index is 5.58. The summed E-state index contributed by atoms with van der Waals surface area (Å²) in [6.07, 6.45) is 0.999. The number of hydrogen-bond acceptors (Lipinski definition) is 3. The lowest BCUT2D eigenvalue weighted by molar-refractivity contribution is 0.0174. The van der Waals surface area contributed by atoms with Gasteiger partial charge in [0.2, 0.25) is 0 Å². The number of nitrogens with zero attached hydrogens (tertiary/aromatic N) is 1. The smallest absolute Gasteiger partial charge is 0.0639 e. The largest absolute Gasteiger partial charge is 0.379 e. The van der Waals surface area contributed by atoms with E-state index in [1.165, 1.54) is 11.3 Å². The molecule has 0 spiro atoms. The predicted octanol–water partition coefficient (Wildman–Crippen LogP) is 2.40. The van der Waals surface area contributed by atoms with Gasteiger partial charge in [-0.2, -0.15) is 0 Å². The number of nitrogens with two attached hydrogens (primary N) is 1. The molecule has 0 aliphatic rings. The summed E-state index contributed by atoms with van der Waals surface area (Å²) in [5.41, 5.74) is 7.90. The third-order valence-electron chi connectivity index (χ3n) is 3.21. The minimum absolute atomic E-state index is 0.0640. The summed E-state index contributed by atoms with van der Waals surface area (Å²) in [5, 5.41) is 0. The fraction of sp³-hybridized carbons (Fsp3) is 0.571. The van der Waals surface area contributed by atoms with Crippen molar-refractivity contribution in [3.05, 3.63) is 29.8 Å². The molecule has 0 radical (unpaired) electrons. The Morgan fingerprint density at radius 1 is 1.24 bits per heavy atom. The molecule has 0 atom stereocenters. The molecule has 0 heterocycles. The Kier molecular flexibility index (Phi) is 4.97. The van der Waals surface area contributed by atoms with E-state index in [4.69, 9.17) is 10.5 Å². The lowest BCUT2D eigenvalue weighted by Crippen LogP contribution is -2.30. The van der Waals surface area contributed by atoms with E-state index in [2.05, 4.69) is 50.1 Å². The van der Waals surface area contributed by atoms with Crippen molar-refractivity contribution in [1.82, 2.24) is 0 Å². The van der Waals surface area contributed by atoms with Crippen molar-refractivity contribution in [2.24, 2.45) is 5.73 Å². The van der Waals surface area contributed by atoms with Gasteiger partial charge in [-0.1, -0.05) is 12.1 Å². The van der Waals surface area contributed by atoms with Crippen LogP contribution in [0.5, 0.6) is 0 Å². The summed E-state index contributed by atoms with van der Waals surface area (Å²) in [4.78, 5) is 2.24. The van der Waals surface area contributed by atoms with E-state index in [1.54, 1.807) is 7.11 Å². The highest BCUT2D eigenvalue weighted by atomic mass is 16.5. The van der Waals surface area contributed by atoms with E-state index >= 15 is 0 Å². The predicted molar refractivity (Wildman–Crippen MR) is 73.3 cm³/mol. The molecule has 0 unspecified atom stereocenters. The summed E-state index contributed by atoms with van der Waals surface area (Å²) in [6.45, 7) is 5.79. The van der Waals surface area contributed by atoms with E-state index in [-0.39, 0.29) is 5.60 Å². The van der Waals surface area contributed by atoms with Gasteiger partial charge in [0, 0.05) is 32.9 Å². The highest BCUT2D eigenvalue weighted by Crippen LogP contribution is 2.18. The Hall–Kier alpha value is -1.06. The molecule has 0 bridgehead atoms. The first-order valence-electron chi connectivity index (χ1n) is 6.04. The fourth-order valence-corrected chi connectivity index (χ4v) is 1.55. The number of hydrogen-bond donors (Lipinski definition) is 1. The molecule has 0 saturated carbocycles. The monoisotopic (exact) mass is 236 g/mol. The average Bonchev–Trinajstić information content (AvgIpc) is 2.36. The van der Waals surface area contributed by atoms with Gasteiger partial charge < -0.3 is 15.4 Å². The lowest BCUT2D eigenvalue weighted by atomic mass is 10.0. The van der Waals surface area contributed by atoms with Crippen LogP contribution in [0.15, 0.2) is 24.3 Å². The minimum Gasteiger partial charge on any atom is -0.379 e. The zero-order valence-electron chi connectivity index (χ0n) is 11.4. The number of ether oxygens (including phenoxy) is 1. The Morgan fingerprint density at radius 3 is 2.29 bits per heavy atom. The number of rotatable bonds is 6. The molecule has 2 N–H and O–H groups in total. The van der Waals surface area contributed by atoms with Crippen molar-refractivity contribution in [3.8, 4) is 0 Å². The Bertz CT molecular complexity index is 333. The first-order valence-corrected chi connectivity index (χ1v) is 6.04. The molecule has 3 heteroatoms. The molecule has 96 valence electrons. The molecule has 1 rings (SSSR count). The zero-order chi connectivity index (χ0) is 12.9. The maximum atomic E-state index is 5.58. The number of anilines is 1. The van der Waals surface area contributed by atoms with E-state index in [9.17, 15) is 0 Å². The topological polar surface area (TPSA) is 38.5 Å². The summed E-state index contributed by atoms with van der Waals surface area (Å²) < 4.78 is 5.42. The van der Waals surface area contributed by atoms with Crippen LogP contribution in [0.3, 0.4) is 0 Å². The van der Waals surface area contributed by atoms with Crippen LogP contribution in [-0.4, -0.2) is 26.3 Å². The van der Waals surface area contributed by atoms with Crippen molar-refractivity contribution in [3.63, 3.8) is 0 Å². The van der Waals surface area contributed by atoms with Crippen LogP contribution in [0.1, 0.15) is 25.8 Å². The molecule has 1 aromatic rings. The Morgan fingerprint density at radius 2 is 1.82 bits per heavy atom. The molecule has 0 saturated heterocycles. The number of benzene rings is 1. The van der Waals surface area contributed by atoms with Gasteiger partial charge >= 0.3 is 0 Å². The summed E-state index contributed by atoms with van der Waals surface area (Å²) >= 11 is 0. The molecule has 0 fully saturated rings. The fourth-order valence-electron chi connectivity index (χ4n) is 1.55. The van der Waals surface area contributed by atoms with Crippen molar-refractivity contribution < 1.29 is 4.74 Å². The normalized spacial score (nSPS) is 11.6. The van der Waals surface area contributed by atoms with Crippen LogP contribution in [-0.2, 0) is 11.3 Å². The van der Waals surface area contributed by atoms with Gasteiger partial charge in [-0.3, -0.25) is 0 Å². The van der Waals surface area contributed by atoms with Crippen molar-refractivity contribution in [2.75, 3.05) is 25.6 Å². The van der Waals surface area contributed by atoms with Gasteiger partial charge in [0.15, 0.2) is 0 Å². The van der Waals surface area contributed by atoms with Gasteiger partial charge in [-0.05, 0) is 38.0 Å².